The Morgan fingerprint density at radius 3 is 3.08 bits per heavy atom. The molecule has 0 radical (unpaired) electrons. The van der Waals surface area contributed by atoms with Crippen molar-refractivity contribution in [3.8, 4) is 0 Å². The molecule has 0 bridgehead atoms. The second-order valence-electron chi connectivity index (χ2n) is 2.26. The zero-order chi connectivity index (χ0) is 9.68. The molecule has 0 saturated heterocycles. The van der Waals surface area contributed by atoms with Gasteiger partial charge in [0, 0.05) is 12.6 Å². The molecule has 13 heavy (non-hydrogen) atoms. The van der Waals surface area contributed by atoms with Gasteiger partial charge in [-0.25, -0.2) is 14.8 Å². The Morgan fingerprint density at radius 1 is 1.69 bits per heavy atom. The van der Waals surface area contributed by atoms with Crippen LogP contribution in [-0.4, -0.2) is 27.6 Å². The lowest BCUT2D eigenvalue weighted by Crippen LogP contribution is -2.05. The van der Waals surface area contributed by atoms with Crippen molar-refractivity contribution >= 4 is 11.8 Å². The van der Waals surface area contributed by atoms with E-state index in [0.717, 1.165) is 0 Å². The molecular weight excluding hydrogens is 170 g/mol. The monoisotopic (exact) mass is 179 g/mol. The zero-order valence-electron chi connectivity index (χ0n) is 6.90. The van der Waals surface area contributed by atoms with E-state index >= 15 is 0 Å². The molecule has 1 heterocycles. The van der Waals surface area contributed by atoms with Crippen LogP contribution in [0.5, 0.6) is 0 Å². The molecule has 0 saturated carbocycles. The molecule has 1 rings (SSSR count). The summed E-state index contributed by atoms with van der Waals surface area (Å²) in [6.07, 6.45) is 2.86. The van der Waals surface area contributed by atoms with Gasteiger partial charge in [0.1, 0.15) is 12.1 Å². The van der Waals surface area contributed by atoms with Gasteiger partial charge in [0.25, 0.3) is 0 Å². The molecule has 5 nitrogen and oxygen atoms in total. The van der Waals surface area contributed by atoms with Crippen molar-refractivity contribution in [2.45, 2.75) is 0 Å². The summed E-state index contributed by atoms with van der Waals surface area (Å²) in [5.74, 6) is -0.587. The summed E-state index contributed by atoms with van der Waals surface area (Å²) in [5.41, 5.74) is -0.0263. The third-order valence-corrected chi connectivity index (χ3v) is 1.31. The first kappa shape index (κ1) is 9.18. The van der Waals surface area contributed by atoms with Crippen LogP contribution in [-0.2, 0) is 0 Å². The van der Waals surface area contributed by atoms with Crippen molar-refractivity contribution in [2.75, 3.05) is 11.9 Å². The summed E-state index contributed by atoms with van der Waals surface area (Å²) in [6, 6.07) is 1.37. The molecule has 0 amide bonds. The number of hydrogen-bond donors (Lipinski definition) is 2. The number of anilines is 1. The lowest BCUT2D eigenvalue weighted by Gasteiger charge is -2.01. The first-order valence-corrected chi connectivity index (χ1v) is 3.64. The summed E-state index contributed by atoms with van der Waals surface area (Å²) in [6.45, 7) is 4.05. The highest BCUT2D eigenvalue weighted by Crippen LogP contribution is 2.02. The number of nitrogens with zero attached hydrogens (tertiary/aromatic N) is 2. The smallest absolute Gasteiger partial charge is 0.354 e. The van der Waals surface area contributed by atoms with E-state index in [1.165, 1.54) is 12.4 Å². The third kappa shape index (κ3) is 2.55. The van der Waals surface area contributed by atoms with E-state index in [9.17, 15) is 4.79 Å². The molecule has 0 unspecified atom stereocenters. The maximum atomic E-state index is 10.5. The Kier molecular flexibility index (Phi) is 2.97. The second kappa shape index (κ2) is 4.20. The van der Waals surface area contributed by atoms with E-state index in [-0.39, 0.29) is 5.69 Å². The van der Waals surface area contributed by atoms with Crippen LogP contribution in [0.2, 0.25) is 0 Å². The van der Waals surface area contributed by atoms with Gasteiger partial charge in [-0.2, -0.15) is 0 Å². The summed E-state index contributed by atoms with van der Waals surface area (Å²) in [4.78, 5) is 17.9. The summed E-state index contributed by atoms with van der Waals surface area (Å²) in [7, 11) is 0. The van der Waals surface area contributed by atoms with Gasteiger partial charge in [-0.15, -0.1) is 6.58 Å². The summed E-state index contributed by atoms with van der Waals surface area (Å²) < 4.78 is 0. The second-order valence-corrected chi connectivity index (χ2v) is 2.26. The number of carboxylic acid groups (broad SMARTS) is 1. The van der Waals surface area contributed by atoms with Crippen LogP contribution >= 0.6 is 0 Å². The van der Waals surface area contributed by atoms with Gasteiger partial charge in [0.15, 0.2) is 5.69 Å². The summed E-state index contributed by atoms with van der Waals surface area (Å²) >= 11 is 0. The average molecular weight is 179 g/mol. The maximum absolute atomic E-state index is 10.5. The highest BCUT2D eigenvalue weighted by atomic mass is 16.4. The molecule has 0 aliphatic carbocycles. The van der Waals surface area contributed by atoms with Gasteiger partial charge in [0.05, 0.1) is 0 Å². The number of aromatic carboxylic acids is 1. The first-order chi connectivity index (χ1) is 6.24. The van der Waals surface area contributed by atoms with Crippen LogP contribution in [0.4, 0.5) is 5.82 Å². The van der Waals surface area contributed by atoms with Gasteiger partial charge in [-0.05, 0) is 0 Å². The molecule has 0 fully saturated rings. The van der Waals surface area contributed by atoms with Crippen LogP contribution in [0.25, 0.3) is 0 Å². The molecule has 0 aliphatic heterocycles. The third-order valence-electron chi connectivity index (χ3n) is 1.31. The van der Waals surface area contributed by atoms with Crippen molar-refractivity contribution in [3.63, 3.8) is 0 Å². The van der Waals surface area contributed by atoms with Crippen molar-refractivity contribution < 1.29 is 9.90 Å². The molecule has 0 aliphatic rings. The molecule has 0 spiro atoms. The van der Waals surface area contributed by atoms with Gasteiger partial charge in [-0.3, -0.25) is 0 Å². The standard InChI is InChI=1S/C8H9N3O2/c1-2-3-9-7-4-6(8(12)13)10-5-11-7/h2,4-5H,1,3H2,(H,12,13)(H,9,10,11). The Balaban J connectivity index is 2.79. The van der Waals surface area contributed by atoms with Crippen LogP contribution in [0.1, 0.15) is 10.5 Å². The van der Waals surface area contributed by atoms with E-state index in [2.05, 4.69) is 21.9 Å². The van der Waals surface area contributed by atoms with E-state index in [4.69, 9.17) is 5.11 Å². The van der Waals surface area contributed by atoms with Crippen LogP contribution < -0.4 is 5.32 Å². The quantitative estimate of drug-likeness (QED) is 0.668. The van der Waals surface area contributed by atoms with Crippen LogP contribution in [0, 0.1) is 0 Å². The minimum absolute atomic E-state index is 0.0263. The number of aromatic nitrogens is 2. The number of carboxylic acids is 1. The molecule has 68 valence electrons. The SMILES string of the molecule is C=CCNc1cc(C(=O)O)ncn1. The average Bonchev–Trinajstić information content (AvgIpc) is 2.15. The van der Waals surface area contributed by atoms with Crippen molar-refractivity contribution in [2.24, 2.45) is 0 Å². The highest BCUT2D eigenvalue weighted by molar-refractivity contribution is 5.85. The van der Waals surface area contributed by atoms with Gasteiger partial charge >= 0.3 is 5.97 Å². The van der Waals surface area contributed by atoms with Gasteiger partial charge in [0.2, 0.25) is 0 Å². The fourth-order valence-corrected chi connectivity index (χ4v) is 0.748. The molecule has 5 heteroatoms. The lowest BCUT2D eigenvalue weighted by molar-refractivity contribution is 0.0690. The number of nitrogens with one attached hydrogen (secondary N) is 1. The van der Waals surface area contributed by atoms with Crippen molar-refractivity contribution in [3.05, 3.63) is 30.7 Å². The van der Waals surface area contributed by atoms with Crippen molar-refractivity contribution in [1.82, 2.24) is 9.97 Å². The minimum atomic E-state index is -1.07. The summed E-state index contributed by atoms with van der Waals surface area (Å²) in [5, 5.41) is 11.5. The Hall–Kier alpha value is -1.91. The van der Waals surface area contributed by atoms with Crippen molar-refractivity contribution in [1.29, 1.82) is 0 Å². The first-order valence-electron chi connectivity index (χ1n) is 3.64. The molecule has 1 aromatic rings. The minimum Gasteiger partial charge on any atom is -0.477 e. The molecule has 2 N–H and O–H groups in total. The molecule has 0 aromatic carbocycles. The fourth-order valence-electron chi connectivity index (χ4n) is 0.748. The molecular formula is C8H9N3O2. The van der Waals surface area contributed by atoms with Gasteiger partial charge in [-0.1, -0.05) is 6.08 Å². The van der Waals surface area contributed by atoms with E-state index in [1.54, 1.807) is 6.08 Å². The van der Waals surface area contributed by atoms with E-state index < -0.39 is 5.97 Å². The number of hydrogen-bond acceptors (Lipinski definition) is 4. The van der Waals surface area contributed by atoms with E-state index in [0.29, 0.717) is 12.4 Å². The normalized spacial score (nSPS) is 9.23. The predicted molar refractivity (Wildman–Crippen MR) is 47.7 cm³/mol. The lowest BCUT2D eigenvalue weighted by atomic mass is 10.4. The Bertz CT molecular complexity index is 325. The predicted octanol–water partition coefficient (Wildman–Crippen LogP) is 0.773. The van der Waals surface area contributed by atoms with E-state index in [1.807, 2.05) is 0 Å². The van der Waals surface area contributed by atoms with Crippen LogP contribution in [0.15, 0.2) is 25.0 Å². The number of carbonyl (C=O) groups is 1. The van der Waals surface area contributed by atoms with Crippen LogP contribution in [0.3, 0.4) is 0 Å². The van der Waals surface area contributed by atoms with Gasteiger partial charge < -0.3 is 10.4 Å². The fraction of sp³-hybridized carbons (Fsp3) is 0.125. The largest absolute Gasteiger partial charge is 0.477 e. The zero-order valence-corrected chi connectivity index (χ0v) is 6.90. The molecule has 0 atom stereocenters. The highest BCUT2D eigenvalue weighted by Gasteiger charge is 2.04. The Morgan fingerprint density at radius 2 is 2.46 bits per heavy atom. The topological polar surface area (TPSA) is 75.1 Å². The Labute approximate surface area is 75.1 Å². The number of rotatable bonds is 4. The maximum Gasteiger partial charge on any atom is 0.354 e. The molecule has 1 aromatic heterocycles.